The summed E-state index contributed by atoms with van der Waals surface area (Å²) in [4.78, 5) is 12.4. The molecule has 0 heterocycles. The number of carbonyl (C=O) groups is 1. The van der Waals surface area contributed by atoms with Crippen LogP contribution in [0.4, 0.5) is 0 Å². The Morgan fingerprint density at radius 3 is 2.35 bits per heavy atom. The first-order chi connectivity index (χ1) is 9.65. The lowest BCUT2D eigenvalue weighted by Gasteiger charge is -2.06. The number of amides is 1. The second-order valence-electron chi connectivity index (χ2n) is 4.57. The van der Waals surface area contributed by atoms with Gasteiger partial charge in [0.1, 0.15) is 5.75 Å². The number of hydrogen-bond acceptors (Lipinski definition) is 2. The third-order valence-corrected chi connectivity index (χ3v) is 4.20. The van der Waals surface area contributed by atoms with E-state index in [1.807, 2.05) is 49.4 Å². The number of carbonyl (C=O) groups excluding carboxylic acids is 1. The van der Waals surface area contributed by atoms with Gasteiger partial charge in [0.05, 0.1) is 10.8 Å². The fourth-order valence-electron chi connectivity index (χ4n) is 1.74. The highest BCUT2D eigenvalue weighted by Gasteiger charge is 2.09. The van der Waals surface area contributed by atoms with Gasteiger partial charge in [-0.15, -0.1) is 0 Å². The van der Waals surface area contributed by atoms with Crippen molar-refractivity contribution in [3.05, 3.63) is 65.7 Å². The lowest BCUT2D eigenvalue weighted by atomic mass is 10.2. The van der Waals surface area contributed by atoms with Crippen LogP contribution < -0.4 is 5.32 Å². The Kier molecular flexibility index (Phi) is 5.07. The second-order valence-corrected chi connectivity index (χ2v) is 6.02. The topological polar surface area (TPSA) is 46.2 Å². The molecule has 1 N–H and O–H groups in total. The summed E-state index contributed by atoms with van der Waals surface area (Å²) in [7, 11) is -1.29. The molecule has 3 nitrogen and oxygen atoms in total. The van der Waals surface area contributed by atoms with E-state index >= 15 is 0 Å². The lowest BCUT2D eigenvalue weighted by Crippen LogP contribution is -2.27. The minimum absolute atomic E-state index is 0.00407. The standard InChI is InChI=1S/C16H17NO2S/c1-13-7-9-15(10-8-13)20(19)12-16(18)17-11-14-5-3-2-4-6-14/h2-10H,11-12H2,1H3,(H,17,18). The van der Waals surface area contributed by atoms with Crippen molar-refractivity contribution in [3.8, 4) is 0 Å². The summed E-state index contributed by atoms with van der Waals surface area (Å²) < 4.78 is 12.0. The summed E-state index contributed by atoms with van der Waals surface area (Å²) in [6.07, 6.45) is 0. The van der Waals surface area contributed by atoms with E-state index in [0.717, 1.165) is 11.1 Å². The number of nitrogens with one attached hydrogen (secondary N) is 1. The zero-order valence-corrected chi connectivity index (χ0v) is 12.2. The van der Waals surface area contributed by atoms with Gasteiger partial charge in [0, 0.05) is 11.4 Å². The molecule has 2 rings (SSSR count). The smallest absolute Gasteiger partial charge is 0.233 e. The molecule has 0 radical (unpaired) electrons. The molecule has 0 aliphatic rings. The largest absolute Gasteiger partial charge is 0.351 e. The third kappa shape index (κ3) is 4.31. The van der Waals surface area contributed by atoms with Gasteiger partial charge < -0.3 is 5.32 Å². The molecule has 0 saturated carbocycles. The van der Waals surface area contributed by atoms with Crippen molar-refractivity contribution in [3.63, 3.8) is 0 Å². The van der Waals surface area contributed by atoms with Gasteiger partial charge in [-0.25, -0.2) is 0 Å². The van der Waals surface area contributed by atoms with Crippen LogP contribution in [0.15, 0.2) is 59.5 Å². The zero-order chi connectivity index (χ0) is 14.4. The maximum absolute atomic E-state index is 12.0. The first-order valence-electron chi connectivity index (χ1n) is 6.41. The lowest BCUT2D eigenvalue weighted by molar-refractivity contribution is -0.118. The quantitative estimate of drug-likeness (QED) is 0.918. The Morgan fingerprint density at radius 2 is 1.70 bits per heavy atom. The van der Waals surface area contributed by atoms with E-state index in [4.69, 9.17) is 0 Å². The highest BCUT2D eigenvalue weighted by Crippen LogP contribution is 2.08. The van der Waals surface area contributed by atoms with Crippen LogP contribution in [0.25, 0.3) is 0 Å². The van der Waals surface area contributed by atoms with Crippen LogP contribution in [-0.4, -0.2) is 15.9 Å². The molecule has 1 unspecified atom stereocenters. The monoisotopic (exact) mass is 287 g/mol. The second kappa shape index (κ2) is 7.01. The molecule has 2 aromatic rings. The van der Waals surface area contributed by atoms with E-state index in [2.05, 4.69) is 5.32 Å². The van der Waals surface area contributed by atoms with Crippen molar-refractivity contribution in [2.45, 2.75) is 18.4 Å². The van der Waals surface area contributed by atoms with Crippen molar-refractivity contribution in [2.75, 3.05) is 5.75 Å². The van der Waals surface area contributed by atoms with E-state index in [9.17, 15) is 9.00 Å². The molecule has 1 amide bonds. The number of benzene rings is 2. The molecule has 4 heteroatoms. The molecule has 0 aliphatic heterocycles. The first kappa shape index (κ1) is 14.5. The predicted octanol–water partition coefficient (Wildman–Crippen LogP) is 2.42. The molecule has 0 aliphatic carbocycles. The summed E-state index contributed by atoms with van der Waals surface area (Å²) >= 11 is 0. The van der Waals surface area contributed by atoms with Gasteiger partial charge in [-0.05, 0) is 24.6 Å². The number of aryl methyl sites for hydroxylation is 1. The van der Waals surface area contributed by atoms with Crippen molar-refractivity contribution >= 4 is 16.7 Å². The van der Waals surface area contributed by atoms with Gasteiger partial charge in [-0.1, -0.05) is 48.0 Å². The molecule has 0 bridgehead atoms. The van der Waals surface area contributed by atoms with Crippen LogP contribution in [0.1, 0.15) is 11.1 Å². The minimum atomic E-state index is -1.29. The van der Waals surface area contributed by atoms with Gasteiger partial charge in [-0.2, -0.15) is 0 Å². The maximum Gasteiger partial charge on any atom is 0.233 e. The van der Waals surface area contributed by atoms with Crippen molar-refractivity contribution in [1.29, 1.82) is 0 Å². The van der Waals surface area contributed by atoms with Crippen LogP contribution in [0.2, 0.25) is 0 Å². The van der Waals surface area contributed by atoms with Gasteiger partial charge in [-0.3, -0.25) is 9.00 Å². The van der Waals surface area contributed by atoms with Crippen LogP contribution in [-0.2, 0) is 22.1 Å². The van der Waals surface area contributed by atoms with Crippen molar-refractivity contribution < 1.29 is 9.00 Å². The minimum Gasteiger partial charge on any atom is -0.351 e. The van der Waals surface area contributed by atoms with Crippen LogP contribution in [0, 0.1) is 6.92 Å². The predicted molar refractivity (Wildman–Crippen MR) is 80.7 cm³/mol. The molecule has 2 aromatic carbocycles. The highest BCUT2D eigenvalue weighted by atomic mass is 32.2. The SMILES string of the molecule is Cc1ccc(S(=O)CC(=O)NCc2ccccc2)cc1. The molecule has 20 heavy (non-hydrogen) atoms. The number of rotatable bonds is 5. The average molecular weight is 287 g/mol. The fraction of sp³-hybridized carbons (Fsp3) is 0.188. The number of hydrogen-bond donors (Lipinski definition) is 1. The van der Waals surface area contributed by atoms with E-state index in [0.29, 0.717) is 11.4 Å². The van der Waals surface area contributed by atoms with Crippen LogP contribution >= 0.6 is 0 Å². The van der Waals surface area contributed by atoms with E-state index in [1.54, 1.807) is 12.1 Å². The summed E-state index contributed by atoms with van der Waals surface area (Å²) in [6.45, 7) is 2.43. The Hall–Kier alpha value is -1.94. The molecular formula is C16H17NO2S. The third-order valence-electron chi connectivity index (χ3n) is 2.88. The van der Waals surface area contributed by atoms with Gasteiger partial charge in [0.15, 0.2) is 0 Å². The Labute approximate surface area is 121 Å². The normalized spacial score (nSPS) is 11.8. The van der Waals surface area contributed by atoms with Crippen LogP contribution in [0.5, 0.6) is 0 Å². The summed E-state index contributed by atoms with van der Waals surface area (Å²) in [5.74, 6) is -0.205. The summed E-state index contributed by atoms with van der Waals surface area (Å²) in [5, 5.41) is 2.78. The molecular weight excluding hydrogens is 270 g/mol. The van der Waals surface area contributed by atoms with E-state index in [1.165, 1.54) is 0 Å². The van der Waals surface area contributed by atoms with Crippen LogP contribution in [0.3, 0.4) is 0 Å². The maximum atomic E-state index is 12.0. The Morgan fingerprint density at radius 1 is 1.05 bits per heavy atom. The molecule has 0 spiro atoms. The molecule has 0 saturated heterocycles. The molecule has 1 atom stereocenters. The Bertz CT molecular complexity index is 594. The van der Waals surface area contributed by atoms with Gasteiger partial charge in [0.25, 0.3) is 0 Å². The fourth-order valence-corrected chi connectivity index (χ4v) is 2.69. The average Bonchev–Trinajstić information content (AvgIpc) is 2.47. The van der Waals surface area contributed by atoms with Crippen molar-refractivity contribution in [2.24, 2.45) is 0 Å². The molecule has 0 fully saturated rings. The van der Waals surface area contributed by atoms with Gasteiger partial charge >= 0.3 is 0 Å². The Balaban J connectivity index is 1.85. The van der Waals surface area contributed by atoms with E-state index in [-0.39, 0.29) is 11.7 Å². The van der Waals surface area contributed by atoms with E-state index < -0.39 is 10.8 Å². The van der Waals surface area contributed by atoms with Crippen molar-refractivity contribution in [1.82, 2.24) is 5.32 Å². The van der Waals surface area contributed by atoms with Gasteiger partial charge in [0.2, 0.25) is 5.91 Å². The zero-order valence-electron chi connectivity index (χ0n) is 11.3. The molecule has 0 aromatic heterocycles. The summed E-state index contributed by atoms with van der Waals surface area (Å²) in [6, 6.07) is 17.1. The first-order valence-corrected chi connectivity index (χ1v) is 7.73. The summed E-state index contributed by atoms with van der Waals surface area (Å²) in [5.41, 5.74) is 2.14. The highest BCUT2D eigenvalue weighted by molar-refractivity contribution is 7.85. The molecule has 104 valence electrons.